The summed E-state index contributed by atoms with van der Waals surface area (Å²) in [6, 6.07) is 3.53. The second-order valence-electron chi connectivity index (χ2n) is 8.37. The number of nitrogens with zero attached hydrogens (tertiary/aromatic N) is 3. The van der Waals surface area contributed by atoms with Gasteiger partial charge in [-0.25, -0.2) is 9.59 Å². The summed E-state index contributed by atoms with van der Waals surface area (Å²) in [6.45, 7) is 4.96. The third kappa shape index (κ3) is 7.30. The van der Waals surface area contributed by atoms with Crippen molar-refractivity contribution in [3.8, 4) is 6.07 Å². The highest BCUT2D eigenvalue weighted by molar-refractivity contribution is 7.90. The highest BCUT2D eigenvalue weighted by Crippen LogP contribution is 2.38. The van der Waals surface area contributed by atoms with Gasteiger partial charge in [0.15, 0.2) is 0 Å². The Morgan fingerprint density at radius 3 is 2.54 bits per heavy atom. The lowest BCUT2D eigenvalue weighted by Gasteiger charge is -2.43. The molecule has 0 saturated heterocycles. The Kier molecular flexibility index (Phi) is 10.5. The molecule has 1 aromatic carbocycles. The molecule has 2 amide bonds. The molecule has 0 bridgehead atoms. The van der Waals surface area contributed by atoms with E-state index < -0.39 is 46.9 Å². The number of hydrogen-bond donors (Lipinski definition) is 2. The molecule has 1 heterocycles. The van der Waals surface area contributed by atoms with Crippen molar-refractivity contribution in [3.05, 3.63) is 77.1 Å². The molecule has 0 aliphatic carbocycles. The molecule has 0 aromatic heterocycles. The lowest BCUT2D eigenvalue weighted by molar-refractivity contribution is -0.138. The summed E-state index contributed by atoms with van der Waals surface area (Å²) in [4.78, 5) is 27.6. The van der Waals surface area contributed by atoms with Crippen molar-refractivity contribution in [2.75, 3.05) is 24.0 Å². The van der Waals surface area contributed by atoms with Crippen LogP contribution in [0.1, 0.15) is 25.3 Å². The molecule has 13 heteroatoms. The van der Waals surface area contributed by atoms with Gasteiger partial charge in [-0.1, -0.05) is 36.0 Å². The van der Waals surface area contributed by atoms with Crippen molar-refractivity contribution in [1.82, 2.24) is 4.90 Å². The highest BCUT2D eigenvalue weighted by atomic mass is 32.2. The van der Waals surface area contributed by atoms with Crippen LogP contribution in [0.25, 0.3) is 0 Å². The number of benzene rings is 1. The SMILES string of the molecule is C=C/C(C#N)=C\C=C(/CCC[S+](C)[O-])[C@@H]1C(C(=O)OC)=C(C)N(c2cccc(C(F)(F)F)c2)C(=N)N1C(N)=O. The van der Waals surface area contributed by atoms with E-state index >= 15 is 0 Å². The molecular formula is C26H28F3N5O4S. The van der Waals surface area contributed by atoms with Gasteiger partial charge in [-0.3, -0.25) is 15.2 Å². The lowest BCUT2D eigenvalue weighted by atomic mass is 9.89. The molecule has 0 radical (unpaired) electrons. The number of guanidine groups is 1. The summed E-state index contributed by atoms with van der Waals surface area (Å²) < 4.78 is 57.0. The predicted molar refractivity (Wildman–Crippen MR) is 142 cm³/mol. The Morgan fingerprint density at radius 1 is 1.36 bits per heavy atom. The minimum atomic E-state index is -4.69. The van der Waals surface area contributed by atoms with Crippen LogP contribution in [0.3, 0.4) is 0 Å². The molecule has 0 saturated carbocycles. The molecular weight excluding hydrogens is 535 g/mol. The number of allylic oxidation sites excluding steroid dienone is 5. The largest absolute Gasteiger partial charge is 0.617 e. The summed E-state index contributed by atoms with van der Waals surface area (Å²) in [7, 11) is 1.10. The second kappa shape index (κ2) is 13.2. The number of halogens is 3. The van der Waals surface area contributed by atoms with E-state index in [2.05, 4.69) is 6.58 Å². The quantitative estimate of drug-likeness (QED) is 0.197. The molecule has 1 unspecified atom stereocenters. The highest BCUT2D eigenvalue weighted by Gasteiger charge is 2.44. The number of nitriles is 1. The molecule has 39 heavy (non-hydrogen) atoms. The van der Waals surface area contributed by atoms with Gasteiger partial charge in [-0.15, -0.1) is 0 Å². The van der Waals surface area contributed by atoms with Crippen LogP contribution >= 0.6 is 0 Å². The summed E-state index contributed by atoms with van der Waals surface area (Å²) in [5, 5.41) is 18.1. The monoisotopic (exact) mass is 563 g/mol. The Morgan fingerprint density at radius 2 is 2.03 bits per heavy atom. The number of esters is 1. The molecule has 1 aromatic rings. The van der Waals surface area contributed by atoms with E-state index in [0.29, 0.717) is 12.0 Å². The first-order valence-electron chi connectivity index (χ1n) is 11.4. The molecule has 208 valence electrons. The number of nitrogens with one attached hydrogen (secondary N) is 1. The maximum Gasteiger partial charge on any atom is 0.416 e. The van der Waals surface area contributed by atoms with Gasteiger partial charge in [0, 0.05) is 11.4 Å². The van der Waals surface area contributed by atoms with E-state index in [1.54, 1.807) is 0 Å². The molecule has 9 nitrogen and oxygen atoms in total. The van der Waals surface area contributed by atoms with E-state index in [4.69, 9.17) is 15.9 Å². The lowest BCUT2D eigenvalue weighted by Crippen LogP contribution is -2.59. The average molecular weight is 564 g/mol. The van der Waals surface area contributed by atoms with E-state index in [1.165, 1.54) is 37.5 Å². The van der Waals surface area contributed by atoms with Crippen LogP contribution in [0.5, 0.6) is 0 Å². The van der Waals surface area contributed by atoms with Crippen LogP contribution in [-0.2, 0) is 26.9 Å². The summed E-state index contributed by atoms with van der Waals surface area (Å²) in [6.07, 6.45) is 1.51. The maximum absolute atomic E-state index is 13.4. The Bertz CT molecular complexity index is 1280. The average Bonchev–Trinajstić information content (AvgIpc) is 2.86. The van der Waals surface area contributed by atoms with Gasteiger partial charge in [0.25, 0.3) is 0 Å². The van der Waals surface area contributed by atoms with Crippen LogP contribution < -0.4 is 10.6 Å². The number of methoxy groups -OCH3 is 1. The van der Waals surface area contributed by atoms with Gasteiger partial charge in [-0.05, 0) is 49.6 Å². The Hall–Kier alpha value is -4.02. The topological polar surface area (TPSA) is 147 Å². The number of anilines is 1. The van der Waals surface area contributed by atoms with Gasteiger partial charge in [0.1, 0.15) is 5.75 Å². The summed E-state index contributed by atoms with van der Waals surface area (Å²) in [5.41, 5.74) is 4.92. The second-order valence-corrected chi connectivity index (χ2v) is 9.92. The molecule has 3 N–H and O–H groups in total. The molecule has 2 rings (SSSR count). The van der Waals surface area contributed by atoms with Gasteiger partial charge in [0.2, 0.25) is 5.96 Å². The minimum absolute atomic E-state index is 0.0341. The predicted octanol–water partition coefficient (Wildman–Crippen LogP) is 4.38. The zero-order valence-corrected chi connectivity index (χ0v) is 22.4. The zero-order valence-electron chi connectivity index (χ0n) is 21.5. The maximum atomic E-state index is 13.4. The number of nitrogens with two attached hydrogens (primary N) is 1. The van der Waals surface area contributed by atoms with Crippen molar-refractivity contribution in [2.45, 2.75) is 32.0 Å². The van der Waals surface area contributed by atoms with Crippen LogP contribution in [0.4, 0.5) is 23.7 Å². The number of carbonyl (C=O) groups excluding carboxylic acids is 2. The van der Waals surface area contributed by atoms with Crippen molar-refractivity contribution < 1.29 is 32.0 Å². The Labute approximate surface area is 227 Å². The summed E-state index contributed by atoms with van der Waals surface area (Å²) in [5.74, 6) is -1.23. The molecule has 0 spiro atoms. The van der Waals surface area contributed by atoms with Gasteiger partial charge in [0.05, 0.1) is 42.2 Å². The minimum Gasteiger partial charge on any atom is -0.617 e. The summed E-state index contributed by atoms with van der Waals surface area (Å²) >= 11 is -1.16. The first-order valence-corrected chi connectivity index (χ1v) is 13.2. The smallest absolute Gasteiger partial charge is 0.416 e. The first kappa shape index (κ1) is 31.2. The van der Waals surface area contributed by atoms with Crippen LogP contribution in [-0.4, -0.2) is 52.6 Å². The molecule has 0 fully saturated rings. The van der Waals surface area contributed by atoms with E-state index in [-0.39, 0.29) is 34.7 Å². The van der Waals surface area contributed by atoms with Gasteiger partial charge < -0.3 is 15.0 Å². The number of amides is 2. The standard InChI is InChI=1S/C26H28F3N5O4S/c1-5-17(15-30)11-12-18(8-7-13-39(4)37)22-21(23(35)38-3)16(2)33(24(31)34(22)25(32)36)20-10-6-9-19(14-20)26(27,28)29/h5-6,9-12,14,22,31H,1,7-8,13H2,2-4H3,(H2,32,36)/b17-11+,18-12+,31-24?/t22-,39?/m1/s1. The normalized spacial score (nSPS) is 17.6. The van der Waals surface area contributed by atoms with Crippen LogP contribution in [0, 0.1) is 16.7 Å². The number of ether oxygens (including phenoxy) is 1. The number of urea groups is 1. The molecule has 2 atom stereocenters. The number of carbonyl (C=O) groups is 2. The van der Waals surface area contributed by atoms with Crippen LogP contribution in [0.15, 0.2) is 71.5 Å². The van der Waals surface area contributed by atoms with Crippen molar-refractivity contribution in [3.63, 3.8) is 0 Å². The number of hydrogen-bond acceptors (Lipinski definition) is 6. The third-order valence-corrected chi connectivity index (χ3v) is 6.71. The fourth-order valence-corrected chi connectivity index (χ4v) is 4.62. The molecule has 1 aliphatic rings. The zero-order chi connectivity index (χ0) is 29.5. The van der Waals surface area contributed by atoms with E-state index in [9.17, 15) is 32.6 Å². The van der Waals surface area contributed by atoms with Crippen LogP contribution in [0.2, 0.25) is 0 Å². The molecule has 1 aliphatic heterocycles. The van der Waals surface area contributed by atoms with Crippen molar-refractivity contribution in [1.29, 1.82) is 10.7 Å². The van der Waals surface area contributed by atoms with Crippen molar-refractivity contribution in [2.24, 2.45) is 5.73 Å². The third-order valence-electron chi connectivity index (χ3n) is 5.85. The fraction of sp³-hybridized carbons (Fsp3) is 0.308. The number of alkyl halides is 3. The van der Waals surface area contributed by atoms with E-state index in [0.717, 1.165) is 35.1 Å². The van der Waals surface area contributed by atoms with Gasteiger partial charge in [-0.2, -0.15) is 18.4 Å². The van der Waals surface area contributed by atoms with E-state index in [1.807, 2.05) is 6.07 Å². The van der Waals surface area contributed by atoms with Gasteiger partial charge >= 0.3 is 18.2 Å². The Balaban J connectivity index is 2.87. The first-order chi connectivity index (χ1) is 18.3. The van der Waals surface area contributed by atoms with Crippen molar-refractivity contribution >= 4 is 34.8 Å². The number of primary amides is 1. The fourth-order valence-electron chi connectivity index (χ4n) is 4.06. The number of rotatable bonds is 9.